The van der Waals surface area contributed by atoms with Crippen LogP contribution in [0.25, 0.3) is 0 Å². The predicted molar refractivity (Wildman–Crippen MR) is 104 cm³/mol. The van der Waals surface area contributed by atoms with Gasteiger partial charge in [0.1, 0.15) is 0 Å². The summed E-state index contributed by atoms with van der Waals surface area (Å²) in [6.07, 6.45) is 7.63. The Morgan fingerprint density at radius 3 is 2.65 bits per heavy atom. The van der Waals surface area contributed by atoms with Crippen LogP contribution in [0.3, 0.4) is 0 Å². The molecular weight excluding hydrogens is 374 g/mol. The smallest absolute Gasteiger partial charge is 0.307 e. The first-order chi connectivity index (χ1) is 12.5. The fourth-order valence-corrected chi connectivity index (χ4v) is 4.74. The second-order valence-corrected chi connectivity index (χ2v) is 9.15. The minimum absolute atomic E-state index is 0.103. The summed E-state index contributed by atoms with van der Waals surface area (Å²) >= 11 is 6.00. The van der Waals surface area contributed by atoms with Gasteiger partial charge in [-0.25, -0.2) is 0 Å². The zero-order valence-corrected chi connectivity index (χ0v) is 16.9. The van der Waals surface area contributed by atoms with Crippen molar-refractivity contribution in [3.63, 3.8) is 0 Å². The number of carboxylic acid groups (broad SMARTS) is 1. The molecule has 1 aromatic heterocycles. The zero-order chi connectivity index (χ0) is 19.0. The molecule has 0 bridgehead atoms. The number of pyridine rings is 1. The molecule has 146 valence electrons. The highest BCUT2D eigenvalue weighted by atomic mass is 35.5. The van der Waals surface area contributed by atoms with E-state index in [4.69, 9.17) is 21.4 Å². The van der Waals surface area contributed by atoms with Crippen molar-refractivity contribution >= 4 is 28.4 Å². The minimum Gasteiger partial charge on any atom is -0.481 e. The van der Waals surface area contributed by atoms with Gasteiger partial charge in [0, 0.05) is 28.5 Å². The van der Waals surface area contributed by atoms with Crippen molar-refractivity contribution in [2.24, 2.45) is 0 Å². The molecule has 0 aromatic carbocycles. The van der Waals surface area contributed by atoms with Crippen LogP contribution in [0.5, 0.6) is 0 Å². The van der Waals surface area contributed by atoms with Crippen LogP contribution < -0.4 is 0 Å². The minimum atomic E-state index is -0.904. The second-order valence-electron chi connectivity index (χ2n) is 7.02. The third kappa shape index (κ3) is 6.03. The Balaban J connectivity index is 1.95. The van der Waals surface area contributed by atoms with Crippen LogP contribution in [0.1, 0.15) is 56.7 Å². The molecule has 1 saturated heterocycles. The first kappa shape index (κ1) is 21.3. The van der Waals surface area contributed by atoms with Gasteiger partial charge in [-0.15, -0.1) is 0 Å². The molecule has 2 rings (SSSR count). The SMILES string of the molecule is CCCCCCS(=O)CCCC1(c2ncc(Cl)cc2CC(=O)O)COC1. The van der Waals surface area contributed by atoms with E-state index in [9.17, 15) is 9.00 Å². The van der Waals surface area contributed by atoms with Gasteiger partial charge in [0.05, 0.1) is 35.8 Å². The molecule has 1 aromatic rings. The Labute approximate surface area is 163 Å². The standard InChI is InChI=1S/C19H28ClNO4S/c1-2-3-4-5-8-26(24)9-6-7-19(13-25-14-19)18-15(11-17(22)23)10-16(20)12-21-18/h10,12H,2-9,11,13-14H2,1H3,(H,22,23). The fraction of sp³-hybridized carbons (Fsp3) is 0.684. The predicted octanol–water partition coefficient (Wildman–Crippen LogP) is 3.74. The van der Waals surface area contributed by atoms with Gasteiger partial charge >= 0.3 is 5.97 Å². The number of aliphatic carboxylic acids is 1. The van der Waals surface area contributed by atoms with Crippen LogP contribution in [0.2, 0.25) is 5.02 Å². The van der Waals surface area contributed by atoms with Gasteiger partial charge in [-0.05, 0) is 30.9 Å². The number of ether oxygens (including phenoxy) is 1. The van der Waals surface area contributed by atoms with Crippen molar-refractivity contribution in [1.82, 2.24) is 4.98 Å². The van der Waals surface area contributed by atoms with Crippen LogP contribution in [-0.2, 0) is 32.2 Å². The number of carboxylic acids is 1. The number of hydrogen-bond acceptors (Lipinski definition) is 4. The molecule has 1 atom stereocenters. The zero-order valence-electron chi connectivity index (χ0n) is 15.3. The van der Waals surface area contributed by atoms with Crippen molar-refractivity contribution in [2.75, 3.05) is 24.7 Å². The van der Waals surface area contributed by atoms with Gasteiger partial charge in [-0.3, -0.25) is 14.0 Å². The van der Waals surface area contributed by atoms with Gasteiger partial charge in [0.15, 0.2) is 0 Å². The summed E-state index contributed by atoms with van der Waals surface area (Å²) in [7, 11) is -0.787. The van der Waals surface area contributed by atoms with Gasteiger partial charge in [-0.1, -0.05) is 37.8 Å². The molecule has 0 spiro atoms. The van der Waals surface area contributed by atoms with Gasteiger partial charge in [-0.2, -0.15) is 0 Å². The second kappa shape index (κ2) is 10.4. The maximum atomic E-state index is 12.2. The van der Waals surface area contributed by atoms with E-state index in [1.165, 1.54) is 12.8 Å². The Bertz CT molecular complexity index is 634. The molecule has 2 heterocycles. The van der Waals surface area contributed by atoms with Crippen molar-refractivity contribution in [3.8, 4) is 0 Å². The van der Waals surface area contributed by atoms with Crippen molar-refractivity contribution in [1.29, 1.82) is 0 Å². The lowest BCUT2D eigenvalue weighted by molar-refractivity contribution is -0.136. The van der Waals surface area contributed by atoms with E-state index >= 15 is 0 Å². The fourth-order valence-electron chi connectivity index (χ4n) is 3.37. The van der Waals surface area contributed by atoms with E-state index in [1.807, 2.05) is 0 Å². The van der Waals surface area contributed by atoms with E-state index < -0.39 is 16.8 Å². The Morgan fingerprint density at radius 1 is 1.31 bits per heavy atom. The molecule has 1 aliphatic rings. The molecular formula is C19H28ClNO4S. The van der Waals surface area contributed by atoms with Crippen molar-refractivity contribution < 1.29 is 18.8 Å². The molecule has 0 aliphatic carbocycles. The summed E-state index contributed by atoms with van der Waals surface area (Å²) in [5.41, 5.74) is 1.14. The Kier molecular flexibility index (Phi) is 8.51. The summed E-state index contributed by atoms with van der Waals surface area (Å²) in [6.45, 7) is 3.22. The maximum absolute atomic E-state index is 12.2. The van der Waals surface area contributed by atoms with Gasteiger partial charge in [0.25, 0.3) is 0 Å². The molecule has 1 N–H and O–H groups in total. The van der Waals surface area contributed by atoms with Crippen molar-refractivity contribution in [3.05, 3.63) is 28.5 Å². The largest absolute Gasteiger partial charge is 0.481 e. The normalized spacial score (nSPS) is 16.8. The van der Waals surface area contributed by atoms with E-state index in [0.717, 1.165) is 37.1 Å². The van der Waals surface area contributed by atoms with E-state index in [2.05, 4.69) is 11.9 Å². The average Bonchev–Trinajstić information content (AvgIpc) is 2.54. The average molecular weight is 402 g/mol. The lowest BCUT2D eigenvalue weighted by Crippen LogP contribution is -2.48. The number of nitrogens with zero attached hydrogens (tertiary/aromatic N) is 1. The van der Waals surface area contributed by atoms with Crippen molar-refractivity contribution in [2.45, 2.75) is 57.3 Å². The van der Waals surface area contributed by atoms with Gasteiger partial charge in [0.2, 0.25) is 0 Å². The molecule has 26 heavy (non-hydrogen) atoms. The number of halogens is 1. The lowest BCUT2D eigenvalue weighted by Gasteiger charge is -2.42. The highest BCUT2D eigenvalue weighted by Crippen LogP contribution is 2.38. The first-order valence-corrected chi connectivity index (χ1v) is 11.1. The summed E-state index contributed by atoms with van der Waals surface area (Å²) < 4.78 is 17.6. The summed E-state index contributed by atoms with van der Waals surface area (Å²) in [5, 5.41) is 9.60. The van der Waals surface area contributed by atoms with E-state index in [1.54, 1.807) is 12.3 Å². The van der Waals surface area contributed by atoms with Crippen LogP contribution in [-0.4, -0.2) is 45.0 Å². The summed E-state index contributed by atoms with van der Waals surface area (Å²) in [4.78, 5) is 15.6. The molecule has 7 heteroatoms. The maximum Gasteiger partial charge on any atom is 0.307 e. The van der Waals surface area contributed by atoms with Gasteiger partial charge < -0.3 is 9.84 Å². The van der Waals surface area contributed by atoms with Crippen LogP contribution >= 0.6 is 11.6 Å². The van der Waals surface area contributed by atoms with Crippen LogP contribution in [0.15, 0.2) is 12.3 Å². The Morgan fingerprint density at radius 2 is 2.04 bits per heavy atom. The van der Waals surface area contributed by atoms with E-state index in [-0.39, 0.29) is 11.8 Å². The highest BCUT2D eigenvalue weighted by molar-refractivity contribution is 7.84. The number of unbranched alkanes of at least 4 members (excludes halogenated alkanes) is 3. The molecule has 5 nitrogen and oxygen atoms in total. The highest BCUT2D eigenvalue weighted by Gasteiger charge is 2.42. The quantitative estimate of drug-likeness (QED) is 0.540. The summed E-state index contributed by atoms with van der Waals surface area (Å²) in [6, 6.07) is 1.68. The number of rotatable bonds is 12. The Hall–Kier alpha value is -0.980. The van der Waals surface area contributed by atoms with E-state index in [0.29, 0.717) is 29.6 Å². The van der Waals surface area contributed by atoms with Crippen LogP contribution in [0, 0.1) is 0 Å². The van der Waals surface area contributed by atoms with Crippen LogP contribution in [0.4, 0.5) is 0 Å². The number of hydrogen-bond donors (Lipinski definition) is 1. The number of aromatic nitrogens is 1. The topological polar surface area (TPSA) is 76.5 Å². The molecule has 0 radical (unpaired) electrons. The molecule has 1 fully saturated rings. The third-order valence-corrected chi connectivity index (χ3v) is 6.48. The molecule has 0 saturated carbocycles. The lowest BCUT2D eigenvalue weighted by atomic mass is 9.76. The molecule has 1 unspecified atom stereocenters. The monoisotopic (exact) mass is 401 g/mol. The molecule has 1 aliphatic heterocycles. The summed E-state index contributed by atoms with van der Waals surface area (Å²) in [5.74, 6) is 0.543. The third-order valence-electron chi connectivity index (χ3n) is 4.79. The molecule has 0 amide bonds. The first-order valence-electron chi connectivity index (χ1n) is 9.26. The number of carbonyl (C=O) groups is 1.